The molecule has 13 heavy (non-hydrogen) atoms. The lowest BCUT2D eigenvalue weighted by Crippen LogP contribution is -2.00. The normalized spacial score (nSPS) is 11.2. The van der Waals surface area contributed by atoms with E-state index in [0.717, 1.165) is 6.26 Å². The molecule has 0 saturated heterocycles. The first-order valence-corrected chi connectivity index (χ1v) is 5.46. The molecule has 2 nitrogen and oxygen atoms in total. The summed E-state index contributed by atoms with van der Waals surface area (Å²) in [5, 5.41) is 0. The van der Waals surface area contributed by atoms with E-state index in [1.54, 1.807) is 6.07 Å². The Morgan fingerprint density at radius 1 is 1.38 bits per heavy atom. The van der Waals surface area contributed by atoms with Crippen molar-refractivity contribution in [3.05, 3.63) is 42.2 Å². The number of rotatable bonds is 2. The SMILES string of the molecule is C=C(c1ccccc1F)S(C)(=O)=O. The Kier molecular flexibility index (Phi) is 2.52. The van der Waals surface area contributed by atoms with E-state index in [9.17, 15) is 12.8 Å². The topological polar surface area (TPSA) is 34.1 Å². The lowest BCUT2D eigenvalue weighted by Gasteiger charge is -2.03. The van der Waals surface area contributed by atoms with Gasteiger partial charge in [0, 0.05) is 11.8 Å². The fourth-order valence-electron chi connectivity index (χ4n) is 0.887. The Hall–Kier alpha value is -1.16. The van der Waals surface area contributed by atoms with Crippen molar-refractivity contribution in [3.63, 3.8) is 0 Å². The predicted octanol–water partition coefficient (Wildman–Crippen LogP) is 1.84. The second-order valence-electron chi connectivity index (χ2n) is 2.68. The minimum Gasteiger partial charge on any atom is -0.224 e. The molecule has 0 unspecified atom stereocenters. The number of halogens is 1. The smallest absolute Gasteiger partial charge is 0.175 e. The molecule has 0 saturated carbocycles. The van der Waals surface area contributed by atoms with Crippen LogP contribution in [0.2, 0.25) is 0 Å². The molecule has 0 N–H and O–H groups in total. The Bertz CT molecular complexity index is 435. The van der Waals surface area contributed by atoms with Gasteiger partial charge in [-0.3, -0.25) is 0 Å². The van der Waals surface area contributed by atoms with Crippen molar-refractivity contribution >= 4 is 14.7 Å². The largest absolute Gasteiger partial charge is 0.224 e. The van der Waals surface area contributed by atoms with Crippen molar-refractivity contribution in [3.8, 4) is 0 Å². The average Bonchev–Trinajstić information content (AvgIpc) is 2.02. The molecule has 70 valence electrons. The molecule has 0 atom stereocenters. The summed E-state index contributed by atoms with van der Waals surface area (Å²) in [5.74, 6) is -0.571. The van der Waals surface area contributed by atoms with Gasteiger partial charge in [0.05, 0.1) is 4.91 Å². The highest BCUT2D eigenvalue weighted by molar-refractivity contribution is 7.99. The second kappa shape index (κ2) is 3.30. The molecule has 4 heteroatoms. The van der Waals surface area contributed by atoms with Gasteiger partial charge in [-0.05, 0) is 6.07 Å². The van der Waals surface area contributed by atoms with Crippen molar-refractivity contribution < 1.29 is 12.8 Å². The lowest BCUT2D eigenvalue weighted by atomic mass is 10.2. The van der Waals surface area contributed by atoms with Crippen molar-refractivity contribution in [2.75, 3.05) is 6.26 Å². The Labute approximate surface area is 76.6 Å². The minimum atomic E-state index is -3.41. The van der Waals surface area contributed by atoms with Gasteiger partial charge < -0.3 is 0 Å². The summed E-state index contributed by atoms with van der Waals surface area (Å²) in [7, 11) is -3.41. The zero-order valence-corrected chi connectivity index (χ0v) is 7.94. The summed E-state index contributed by atoms with van der Waals surface area (Å²) in [5.41, 5.74) is 0.0324. The van der Waals surface area contributed by atoms with E-state index in [1.165, 1.54) is 18.2 Å². The van der Waals surface area contributed by atoms with Crippen LogP contribution in [-0.2, 0) is 9.84 Å². The third-order valence-corrected chi connectivity index (χ3v) is 2.74. The van der Waals surface area contributed by atoms with Gasteiger partial charge in [-0.15, -0.1) is 0 Å². The monoisotopic (exact) mass is 200 g/mol. The van der Waals surface area contributed by atoms with E-state index >= 15 is 0 Å². The number of hydrogen-bond donors (Lipinski definition) is 0. The molecule has 0 amide bonds. The van der Waals surface area contributed by atoms with Gasteiger partial charge in [0.25, 0.3) is 0 Å². The maximum absolute atomic E-state index is 13.0. The first kappa shape index (κ1) is 9.92. The molecule has 0 aliphatic heterocycles. The molecule has 0 aromatic heterocycles. The Morgan fingerprint density at radius 3 is 2.38 bits per heavy atom. The van der Waals surface area contributed by atoms with Crippen molar-refractivity contribution in [1.29, 1.82) is 0 Å². The van der Waals surface area contributed by atoms with Crippen molar-refractivity contribution in [1.82, 2.24) is 0 Å². The summed E-state index contributed by atoms with van der Waals surface area (Å²) in [4.78, 5) is -0.189. The predicted molar refractivity (Wildman–Crippen MR) is 50.3 cm³/mol. The van der Waals surface area contributed by atoms with E-state index < -0.39 is 15.7 Å². The zero-order valence-electron chi connectivity index (χ0n) is 7.12. The number of hydrogen-bond acceptors (Lipinski definition) is 2. The molecule has 0 fully saturated rings. The summed E-state index contributed by atoms with van der Waals surface area (Å²) in [6.07, 6.45) is 1.00. The molecular weight excluding hydrogens is 191 g/mol. The molecule has 0 aliphatic carbocycles. The standard InChI is InChI=1S/C9H9FO2S/c1-7(13(2,11)12)8-5-3-4-6-9(8)10/h3-6H,1H2,2H3. The van der Waals surface area contributed by atoms with Crippen LogP contribution in [0.15, 0.2) is 30.8 Å². The Morgan fingerprint density at radius 2 is 1.92 bits per heavy atom. The van der Waals surface area contributed by atoms with Crippen molar-refractivity contribution in [2.24, 2.45) is 0 Å². The Balaban J connectivity index is 3.26. The lowest BCUT2D eigenvalue weighted by molar-refractivity contribution is 0.608. The molecule has 0 bridgehead atoms. The van der Waals surface area contributed by atoms with E-state index in [4.69, 9.17) is 0 Å². The van der Waals surface area contributed by atoms with Crippen LogP contribution >= 0.6 is 0 Å². The molecule has 1 rings (SSSR count). The second-order valence-corrected chi connectivity index (χ2v) is 4.71. The first-order valence-electron chi connectivity index (χ1n) is 3.57. The fraction of sp³-hybridized carbons (Fsp3) is 0.111. The van der Waals surface area contributed by atoms with Gasteiger partial charge >= 0.3 is 0 Å². The van der Waals surface area contributed by atoms with Gasteiger partial charge in [-0.1, -0.05) is 24.8 Å². The molecule has 0 spiro atoms. The van der Waals surface area contributed by atoms with Crippen LogP contribution in [0, 0.1) is 5.82 Å². The summed E-state index contributed by atoms with van der Waals surface area (Å²) in [6, 6.07) is 5.65. The maximum Gasteiger partial charge on any atom is 0.175 e. The van der Waals surface area contributed by atoms with Crippen LogP contribution in [0.3, 0.4) is 0 Å². The molecule has 0 radical (unpaired) electrons. The van der Waals surface area contributed by atoms with E-state index in [1.807, 2.05) is 0 Å². The molecular formula is C9H9FO2S. The molecule has 0 heterocycles. The van der Waals surface area contributed by atoms with Gasteiger partial charge in [-0.2, -0.15) is 0 Å². The van der Waals surface area contributed by atoms with Crippen LogP contribution < -0.4 is 0 Å². The number of sulfone groups is 1. The van der Waals surface area contributed by atoms with Crippen LogP contribution in [0.5, 0.6) is 0 Å². The average molecular weight is 200 g/mol. The quantitative estimate of drug-likeness (QED) is 0.730. The highest BCUT2D eigenvalue weighted by atomic mass is 32.2. The molecule has 1 aromatic rings. The van der Waals surface area contributed by atoms with Gasteiger partial charge in [0.1, 0.15) is 5.82 Å². The summed E-state index contributed by atoms with van der Waals surface area (Å²) < 4.78 is 35.1. The van der Waals surface area contributed by atoms with Gasteiger partial charge in [0.15, 0.2) is 9.84 Å². The van der Waals surface area contributed by atoms with Crippen LogP contribution in [-0.4, -0.2) is 14.7 Å². The summed E-state index contributed by atoms with van der Waals surface area (Å²) in [6.45, 7) is 3.33. The van der Waals surface area contributed by atoms with Crippen LogP contribution in [0.25, 0.3) is 4.91 Å². The van der Waals surface area contributed by atoms with E-state index in [2.05, 4.69) is 6.58 Å². The van der Waals surface area contributed by atoms with Crippen LogP contribution in [0.1, 0.15) is 5.56 Å². The first-order chi connectivity index (χ1) is 5.93. The van der Waals surface area contributed by atoms with Gasteiger partial charge in [0.2, 0.25) is 0 Å². The molecule has 1 aromatic carbocycles. The van der Waals surface area contributed by atoms with Gasteiger partial charge in [-0.25, -0.2) is 12.8 Å². The van der Waals surface area contributed by atoms with Crippen LogP contribution in [0.4, 0.5) is 4.39 Å². The summed E-state index contributed by atoms with van der Waals surface area (Å²) >= 11 is 0. The van der Waals surface area contributed by atoms with E-state index in [0.29, 0.717) is 0 Å². The third-order valence-electron chi connectivity index (χ3n) is 1.62. The van der Waals surface area contributed by atoms with E-state index in [-0.39, 0.29) is 10.5 Å². The minimum absolute atomic E-state index is 0.0324. The highest BCUT2D eigenvalue weighted by Gasteiger charge is 2.13. The maximum atomic E-state index is 13.0. The molecule has 0 aliphatic rings. The van der Waals surface area contributed by atoms with Crippen molar-refractivity contribution in [2.45, 2.75) is 0 Å². The third kappa shape index (κ3) is 2.15. The number of benzene rings is 1. The highest BCUT2D eigenvalue weighted by Crippen LogP contribution is 2.20. The zero-order chi connectivity index (χ0) is 10.1. The fourth-order valence-corrected chi connectivity index (χ4v) is 1.45.